The van der Waals surface area contributed by atoms with Gasteiger partial charge in [0.2, 0.25) is 0 Å². The molecule has 2 fully saturated rings. The topological polar surface area (TPSA) is 40.1 Å². The van der Waals surface area contributed by atoms with E-state index in [9.17, 15) is 0 Å². The summed E-state index contributed by atoms with van der Waals surface area (Å²) in [6.45, 7) is 16.1. The van der Waals surface area contributed by atoms with Gasteiger partial charge in [0.25, 0.3) is 0 Å². The Kier molecular flexibility index (Phi) is 11.3. The quantitative estimate of drug-likeness (QED) is 0.271. The number of aliphatic imine (C=N–C) groups is 1. The zero-order valence-electron chi connectivity index (χ0n) is 16.6. The van der Waals surface area contributed by atoms with Crippen molar-refractivity contribution in [3.63, 3.8) is 0 Å². The van der Waals surface area contributed by atoms with Crippen LogP contribution in [0.1, 0.15) is 52.9 Å². The van der Waals surface area contributed by atoms with Gasteiger partial charge in [-0.1, -0.05) is 20.3 Å². The predicted molar refractivity (Wildman–Crippen MR) is 117 cm³/mol. The van der Waals surface area contributed by atoms with Gasteiger partial charge in [0.15, 0.2) is 5.96 Å². The normalized spacial score (nSPS) is 25.6. The second kappa shape index (κ2) is 12.3. The number of ether oxygens (including phenoxy) is 1. The number of likely N-dealkylation sites (tertiary alicyclic amines) is 1. The molecule has 1 unspecified atom stereocenters. The van der Waals surface area contributed by atoms with Crippen LogP contribution in [-0.2, 0) is 4.74 Å². The van der Waals surface area contributed by atoms with E-state index in [1.165, 1.54) is 25.7 Å². The largest absolute Gasteiger partial charge is 0.379 e. The van der Waals surface area contributed by atoms with Crippen LogP contribution in [-0.4, -0.2) is 74.8 Å². The van der Waals surface area contributed by atoms with Gasteiger partial charge in [-0.25, -0.2) is 0 Å². The van der Waals surface area contributed by atoms with Crippen molar-refractivity contribution < 1.29 is 4.74 Å². The minimum Gasteiger partial charge on any atom is -0.379 e. The number of nitrogens with one attached hydrogen (secondary N) is 1. The molecule has 0 aromatic carbocycles. The zero-order valence-corrected chi connectivity index (χ0v) is 18.9. The summed E-state index contributed by atoms with van der Waals surface area (Å²) in [4.78, 5) is 9.91. The first-order valence-electron chi connectivity index (χ1n) is 10.0. The smallest absolute Gasteiger partial charge is 0.193 e. The van der Waals surface area contributed by atoms with Crippen molar-refractivity contribution in [2.45, 2.75) is 52.9 Å². The number of guanidine groups is 1. The predicted octanol–water partition coefficient (Wildman–Crippen LogP) is 3.19. The molecular weight excluding hydrogens is 427 g/mol. The molecule has 6 heteroatoms. The summed E-state index contributed by atoms with van der Waals surface area (Å²) in [5.74, 6) is 1.13. The molecule has 5 nitrogen and oxygen atoms in total. The standard InChI is InChI=1S/C19H38N4O.HI/c1-4-8-19(3)9-6-12-23(17-19)18(20-5-2)21-10-7-11-22-13-15-24-16-14-22;/h4-17H2,1-3H3,(H,20,21);1H. The van der Waals surface area contributed by atoms with Crippen molar-refractivity contribution in [3.05, 3.63) is 0 Å². The van der Waals surface area contributed by atoms with E-state index in [-0.39, 0.29) is 24.0 Å². The Hall–Kier alpha value is -0.0800. The van der Waals surface area contributed by atoms with Gasteiger partial charge in [-0.2, -0.15) is 0 Å². The number of rotatable bonds is 7. The molecule has 0 aromatic heterocycles. The summed E-state index contributed by atoms with van der Waals surface area (Å²) >= 11 is 0. The average molecular weight is 466 g/mol. The fraction of sp³-hybridized carbons (Fsp3) is 0.947. The first-order chi connectivity index (χ1) is 11.7. The highest BCUT2D eigenvalue weighted by Gasteiger charge is 2.31. The fourth-order valence-electron chi connectivity index (χ4n) is 4.03. The van der Waals surface area contributed by atoms with Gasteiger partial charge in [0.05, 0.1) is 13.2 Å². The summed E-state index contributed by atoms with van der Waals surface area (Å²) in [5, 5.41) is 3.51. The van der Waals surface area contributed by atoms with Crippen LogP contribution in [0.4, 0.5) is 0 Å². The minimum atomic E-state index is 0. The van der Waals surface area contributed by atoms with Crippen LogP contribution in [0, 0.1) is 5.41 Å². The van der Waals surface area contributed by atoms with Gasteiger partial charge >= 0.3 is 0 Å². The van der Waals surface area contributed by atoms with Crippen LogP contribution < -0.4 is 5.32 Å². The Balaban J connectivity index is 0.00000312. The molecule has 0 saturated carbocycles. The molecule has 0 aromatic rings. The van der Waals surface area contributed by atoms with Gasteiger partial charge in [-0.3, -0.25) is 9.89 Å². The average Bonchev–Trinajstić information content (AvgIpc) is 2.58. The first kappa shape index (κ1) is 23.0. The lowest BCUT2D eigenvalue weighted by Crippen LogP contribution is -2.49. The second-order valence-electron chi connectivity index (χ2n) is 7.63. The van der Waals surface area contributed by atoms with Crippen LogP contribution in [0.25, 0.3) is 0 Å². The lowest BCUT2D eigenvalue weighted by molar-refractivity contribution is 0.0377. The molecule has 0 radical (unpaired) electrons. The number of piperidine rings is 1. The number of halogens is 1. The maximum Gasteiger partial charge on any atom is 0.193 e. The molecule has 2 heterocycles. The molecule has 148 valence electrons. The number of morpholine rings is 1. The van der Waals surface area contributed by atoms with E-state index in [1.54, 1.807) is 0 Å². The molecule has 2 aliphatic heterocycles. The maximum absolute atomic E-state index is 5.41. The van der Waals surface area contributed by atoms with Crippen molar-refractivity contribution in [2.75, 3.05) is 59.0 Å². The second-order valence-corrected chi connectivity index (χ2v) is 7.63. The van der Waals surface area contributed by atoms with Crippen molar-refractivity contribution in [1.29, 1.82) is 0 Å². The van der Waals surface area contributed by atoms with Crippen LogP contribution >= 0.6 is 24.0 Å². The number of hydrogen-bond acceptors (Lipinski definition) is 3. The Morgan fingerprint density at radius 2 is 1.96 bits per heavy atom. The van der Waals surface area contributed by atoms with Crippen molar-refractivity contribution in [2.24, 2.45) is 10.4 Å². The van der Waals surface area contributed by atoms with Crippen LogP contribution in [0.2, 0.25) is 0 Å². The van der Waals surface area contributed by atoms with Gasteiger partial charge in [-0.05, 0) is 38.0 Å². The first-order valence-corrected chi connectivity index (χ1v) is 10.0. The van der Waals surface area contributed by atoms with Gasteiger partial charge in [0.1, 0.15) is 0 Å². The molecule has 1 N–H and O–H groups in total. The van der Waals surface area contributed by atoms with E-state index in [1.807, 2.05) is 0 Å². The molecule has 0 aliphatic carbocycles. The molecular formula is C19H39IN4O. The maximum atomic E-state index is 5.41. The summed E-state index contributed by atoms with van der Waals surface area (Å²) in [6, 6.07) is 0. The fourth-order valence-corrected chi connectivity index (χ4v) is 4.03. The Morgan fingerprint density at radius 1 is 1.20 bits per heavy atom. The summed E-state index contributed by atoms with van der Waals surface area (Å²) < 4.78 is 5.41. The van der Waals surface area contributed by atoms with Crippen molar-refractivity contribution in [3.8, 4) is 0 Å². The van der Waals surface area contributed by atoms with Crippen molar-refractivity contribution >= 4 is 29.9 Å². The zero-order chi connectivity index (χ0) is 17.3. The molecule has 2 rings (SSSR count). The number of nitrogens with zero attached hydrogens (tertiary/aromatic N) is 3. The van der Waals surface area contributed by atoms with Gasteiger partial charge in [0, 0.05) is 45.8 Å². The third kappa shape index (κ3) is 7.99. The molecule has 2 aliphatic rings. The highest BCUT2D eigenvalue weighted by atomic mass is 127. The number of hydrogen-bond donors (Lipinski definition) is 1. The lowest BCUT2D eigenvalue weighted by Gasteiger charge is -2.42. The lowest BCUT2D eigenvalue weighted by atomic mass is 9.78. The highest BCUT2D eigenvalue weighted by molar-refractivity contribution is 14.0. The molecule has 0 amide bonds. The van der Waals surface area contributed by atoms with Gasteiger partial charge in [-0.15, -0.1) is 24.0 Å². The van der Waals surface area contributed by atoms with E-state index < -0.39 is 0 Å². The third-order valence-corrected chi connectivity index (χ3v) is 5.27. The Labute approximate surface area is 172 Å². The minimum absolute atomic E-state index is 0. The highest BCUT2D eigenvalue weighted by Crippen LogP contribution is 2.33. The van der Waals surface area contributed by atoms with Crippen molar-refractivity contribution in [1.82, 2.24) is 15.1 Å². The van der Waals surface area contributed by atoms with Gasteiger partial charge < -0.3 is 15.0 Å². The SMILES string of the molecule is CCCC1(C)CCCN(C(=NCCCN2CCOCC2)NCC)C1.I. The molecule has 1 atom stereocenters. The monoisotopic (exact) mass is 466 g/mol. The van der Waals surface area contributed by atoms with E-state index in [0.717, 1.165) is 71.4 Å². The molecule has 0 spiro atoms. The van der Waals surface area contributed by atoms with E-state index in [4.69, 9.17) is 9.73 Å². The van der Waals surface area contributed by atoms with Crippen LogP contribution in [0.15, 0.2) is 4.99 Å². The van der Waals surface area contributed by atoms with E-state index in [0.29, 0.717) is 5.41 Å². The third-order valence-electron chi connectivity index (χ3n) is 5.27. The Morgan fingerprint density at radius 3 is 2.64 bits per heavy atom. The van der Waals surface area contributed by atoms with Crippen LogP contribution in [0.3, 0.4) is 0 Å². The van der Waals surface area contributed by atoms with E-state index >= 15 is 0 Å². The van der Waals surface area contributed by atoms with Crippen LogP contribution in [0.5, 0.6) is 0 Å². The molecule has 25 heavy (non-hydrogen) atoms. The summed E-state index contributed by atoms with van der Waals surface area (Å²) in [7, 11) is 0. The summed E-state index contributed by atoms with van der Waals surface area (Å²) in [6.07, 6.45) is 6.37. The molecule has 0 bridgehead atoms. The summed E-state index contributed by atoms with van der Waals surface area (Å²) in [5.41, 5.74) is 0.455. The van der Waals surface area contributed by atoms with E-state index in [2.05, 4.69) is 35.9 Å². The Bertz CT molecular complexity index is 384. The molecule has 2 saturated heterocycles.